The lowest BCUT2D eigenvalue weighted by atomic mass is 10.1. The van der Waals surface area contributed by atoms with Crippen LogP contribution >= 0.6 is 0 Å². The van der Waals surface area contributed by atoms with Crippen molar-refractivity contribution in [3.05, 3.63) is 47.2 Å². The molecule has 2 aromatic rings. The molecule has 7 heteroatoms. The lowest BCUT2D eigenvalue weighted by Gasteiger charge is -2.29. The average Bonchev–Trinajstić information content (AvgIpc) is 2.69. The highest BCUT2D eigenvalue weighted by Crippen LogP contribution is 2.24. The molecule has 0 atom stereocenters. The number of hydrogen-bond acceptors (Lipinski definition) is 7. The second kappa shape index (κ2) is 9.33. The van der Waals surface area contributed by atoms with Crippen LogP contribution in [-0.4, -0.2) is 48.6 Å². The van der Waals surface area contributed by atoms with Gasteiger partial charge in [-0.25, -0.2) is 4.98 Å². The zero-order valence-electron chi connectivity index (χ0n) is 17.7. The molecule has 0 amide bonds. The summed E-state index contributed by atoms with van der Waals surface area (Å²) < 4.78 is 11.2. The molecule has 0 saturated carbocycles. The summed E-state index contributed by atoms with van der Waals surface area (Å²) in [5.41, 5.74) is 4.11. The quantitative estimate of drug-likeness (QED) is 0.714. The van der Waals surface area contributed by atoms with Gasteiger partial charge in [0, 0.05) is 24.8 Å². The minimum atomic E-state index is -0.931. The minimum absolute atomic E-state index is 0.163. The first-order chi connectivity index (χ1) is 13.8. The van der Waals surface area contributed by atoms with Crippen LogP contribution in [-0.2, 0) is 11.3 Å². The zero-order valence-corrected chi connectivity index (χ0v) is 17.7. The second-order valence-corrected chi connectivity index (χ2v) is 8.02. The first kappa shape index (κ1) is 21.2. The molecule has 1 aliphatic rings. The third kappa shape index (κ3) is 6.51. The van der Waals surface area contributed by atoms with E-state index in [0.717, 1.165) is 30.2 Å². The average molecular weight is 399 g/mol. The van der Waals surface area contributed by atoms with E-state index < -0.39 is 5.60 Å². The molecular formula is C22H30N4O3. The van der Waals surface area contributed by atoms with Gasteiger partial charge < -0.3 is 19.5 Å². The maximum atomic E-state index is 9.96. The molecule has 0 radical (unpaired) electrons. The Balaban J connectivity index is 1.77. The summed E-state index contributed by atoms with van der Waals surface area (Å²) in [5, 5.41) is 18.6. The minimum Gasteiger partial charge on any atom is -0.475 e. The summed E-state index contributed by atoms with van der Waals surface area (Å²) in [4.78, 5) is 6.79. The molecule has 1 saturated heterocycles. The predicted octanol–water partition coefficient (Wildman–Crippen LogP) is 3.97. The van der Waals surface area contributed by atoms with Gasteiger partial charge in [0.1, 0.15) is 13.2 Å². The number of rotatable bonds is 7. The van der Waals surface area contributed by atoms with Crippen molar-refractivity contribution in [2.75, 3.05) is 37.8 Å². The van der Waals surface area contributed by atoms with Crippen molar-refractivity contribution in [1.82, 2.24) is 4.98 Å². The topological polar surface area (TPSA) is 79.5 Å². The molecule has 1 fully saturated rings. The number of aliphatic hydroxyl groups is 1. The normalized spacial score (nSPS) is 15.1. The van der Waals surface area contributed by atoms with Gasteiger partial charge in [-0.3, -0.25) is 0 Å². The van der Waals surface area contributed by atoms with Gasteiger partial charge in [-0.1, -0.05) is 6.07 Å². The van der Waals surface area contributed by atoms with Crippen LogP contribution < -0.4 is 9.64 Å². The van der Waals surface area contributed by atoms with E-state index in [4.69, 9.17) is 9.47 Å². The van der Waals surface area contributed by atoms with Crippen molar-refractivity contribution < 1.29 is 14.6 Å². The van der Waals surface area contributed by atoms with Crippen LogP contribution in [0.3, 0.4) is 0 Å². The van der Waals surface area contributed by atoms with Gasteiger partial charge in [-0.2, -0.15) is 10.2 Å². The molecule has 0 unspecified atom stereocenters. The number of anilines is 1. The van der Waals surface area contributed by atoms with Crippen molar-refractivity contribution in [1.29, 1.82) is 0 Å². The van der Waals surface area contributed by atoms with Crippen molar-refractivity contribution in [3.63, 3.8) is 0 Å². The van der Waals surface area contributed by atoms with E-state index in [1.807, 2.05) is 30.3 Å². The Morgan fingerprint density at radius 1 is 1.14 bits per heavy atom. The fourth-order valence-corrected chi connectivity index (χ4v) is 2.93. The van der Waals surface area contributed by atoms with E-state index in [2.05, 4.69) is 34.0 Å². The van der Waals surface area contributed by atoms with E-state index >= 15 is 0 Å². The molecule has 7 nitrogen and oxygen atoms in total. The number of hydrogen-bond donors (Lipinski definition) is 1. The van der Waals surface area contributed by atoms with Gasteiger partial charge in [0.05, 0.1) is 30.2 Å². The van der Waals surface area contributed by atoms with Gasteiger partial charge in [-0.15, -0.1) is 0 Å². The Morgan fingerprint density at radius 2 is 1.90 bits per heavy atom. The molecule has 1 aromatic heterocycles. The first-order valence-corrected chi connectivity index (χ1v) is 9.94. The lowest BCUT2D eigenvalue weighted by molar-refractivity contribution is 0.0268. The molecule has 1 aromatic carbocycles. The summed E-state index contributed by atoms with van der Waals surface area (Å²) in [6.07, 6.45) is 0. The monoisotopic (exact) mass is 398 g/mol. The van der Waals surface area contributed by atoms with Gasteiger partial charge in [0.25, 0.3) is 0 Å². The van der Waals surface area contributed by atoms with Crippen LogP contribution in [0.25, 0.3) is 0 Å². The molecule has 0 spiro atoms. The van der Waals surface area contributed by atoms with Crippen LogP contribution in [0, 0.1) is 13.8 Å². The Kier molecular flexibility index (Phi) is 6.82. The number of aryl methyl sites for hydroxylation is 2. The van der Waals surface area contributed by atoms with Crippen LogP contribution in [0.15, 0.2) is 40.6 Å². The molecular weight excluding hydrogens is 368 g/mol. The molecule has 0 aliphatic carbocycles. The van der Waals surface area contributed by atoms with Crippen LogP contribution in [0.1, 0.15) is 30.7 Å². The predicted molar refractivity (Wildman–Crippen MR) is 113 cm³/mol. The first-order valence-electron chi connectivity index (χ1n) is 9.94. The van der Waals surface area contributed by atoms with Crippen molar-refractivity contribution in [3.8, 4) is 5.88 Å². The highest BCUT2D eigenvalue weighted by Gasteiger charge is 2.17. The second-order valence-electron chi connectivity index (χ2n) is 8.02. The van der Waals surface area contributed by atoms with Crippen LogP contribution in [0.5, 0.6) is 5.88 Å². The largest absolute Gasteiger partial charge is 0.475 e. The summed E-state index contributed by atoms with van der Waals surface area (Å²) in [6, 6.07) is 9.95. The molecule has 2 heterocycles. The molecule has 0 bridgehead atoms. The van der Waals surface area contributed by atoms with Crippen molar-refractivity contribution in [2.45, 2.75) is 39.8 Å². The number of morpholine rings is 1. The number of azo groups is 1. The molecule has 29 heavy (non-hydrogen) atoms. The van der Waals surface area contributed by atoms with Crippen molar-refractivity contribution >= 4 is 11.4 Å². The number of aromatic nitrogens is 1. The van der Waals surface area contributed by atoms with Crippen molar-refractivity contribution in [2.24, 2.45) is 10.2 Å². The van der Waals surface area contributed by atoms with Gasteiger partial charge in [0.2, 0.25) is 5.88 Å². The van der Waals surface area contributed by atoms with E-state index in [1.165, 1.54) is 11.1 Å². The van der Waals surface area contributed by atoms with Gasteiger partial charge >= 0.3 is 0 Å². The summed E-state index contributed by atoms with van der Waals surface area (Å²) in [6.45, 7) is 11.1. The standard InChI is InChI=1S/C22H30N4O3/c1-16-5-6-18(11-17(16)2)25-23-14-19-12-20(26-7-9-28-10-8-26)13-21(24-19)29-15-22(3,4)27/h5-6,11-13,27H,7-10,14-15H2,1-4H3. The van der Waals surface area contributed by atoms with E-state index in [1.54, 1.807) is 13.8 Å². The third-order valence-electron chi connectivity index (χ3n) is 4.70. The Labute approximate surface area is 172 Å². The third-order valence-corrected chi connectivity index (χ3v) is 4.70. The van der Waals surface area contributed by atoms with E-state index in [0.29, 0.717) is 25.6 Å². The number of benzene rings is 1. The highest BCUT2D eigenvalue weighted by molar-refractivity contribution is 5.50. The molecule has 1 N–H and O–H groups in total. The number of pyridine rings is 1. The Bertz CT molecular complexity index is 856. The number of nitrogens with zero attached hydrogens (tertiary/aromatic N) is 4. The lowest BCUT2D eigenvalue weighted by Crippen LogP contribution is -2.36. The Hall–Kier alpha value is -2.51. The SMILES string of the molecule is Cc1ccc(N=NCc2cc(N3CCOCC3)cc(OCC(C)(C)O)n2)cc1C. The maximum Gasteiger partial charge on any atom is 0.215 e. The summed E-state index contributed by atoms with van der Waals surface area (Å²) in [5.74, 6) is 0.479. The fourth-order valence-electron chi connectivity index (χ4n) is 2.93. The number of ether oxygens (including phenoxy) is 2. The molecule has 1 aliphatic heterocycles. The summed E-state index contributed by atoms with van der Waals surface area (Å²) in [7, 11) is 0. The van der Waals surface area contributed by atoms with Crippen LogP contribution in [0.4, 0.5) is 11.4 Å². The van der Waals surface area contributed by atoms with Gasteiger partial charge in [0.15, 0.2) is 0 Å². The molecule has 3 rings (SSSR count). The zero-order chi connectivity index (χ0) is 20.9. The smallest absolute Gasteiger partial charge is 0.215 e. The molecule has 156 valence electrons. The highest BCUT2D eigenvalue weighted by atomic mass is 16.5. The van der Waals surface area contributed by atoms with Gasteiger partial charge in [-0.05, 0) is 57.0 Å². The van der Waals surface area contributed by atoms with E-state index in [9.17, 15) is 5.11 Å². The summed E-state index contributed by atoms with van der Waals surface area (Å²) >= 11 is 0. The van der Waals surface area contributed by atoms with E-state index in [-0.39, 0.29) is 6.61 Å². The Morgan fingerprint density at radius 3 is 2.59 bits per heavy atom. The van der Waals surface area contributed by atoms with Crippen LogP contribution in [0.2, 0.25) is 0 Å². The fraction of sp³-hybridized carbons (Fsp3) is 0.500. The maximum absolute atomic E-state index is 9.96.